The van der Waals surface area contributed by atoms with Crippen molar-refractivity contribution in [3.05, 3.63) is 71.6 Å². The van der Waals surface area contributed by atoms with Crippen LogP contribution in [0.5, 0.6) is 11.5 Å². The zero-order valence-electron chi connectivity index (χ0n) is 22.0. The summed E-state index contributed by atoms with van der Waals surface area (Å²) in [5.41, 5.74) is -0.733. The van der Waals surface area contributed by atoms with Gasteiger partial charge in [0.15, 0.2) is 35.1 Å². The lowest BCUT2D eigenvalue weighted by atomic mass is 9.96. The highest BCUT2D eigenvalue weighted by Gasteiger charge is 2.42. The van der Waals surface area contributed by atoms with Crippen molar-refractivity contribution in [3.8, 4) is 11.5 Å². The summed E-state index contributed by atoms with van der Waals surface area (Å²) in [6.07, 6.45) is 1.44. The highest BCUT2D eigenvalue weighted by molar-refractivity contribution is 7.90. The molecule has 1 N–H and O–H groups in total. The molecule has 214 valence electrons. The van der Waals surface area contributed by atoms with E-state index in [4.69, 9.17) is 9.47 Å². The Kier molecular flexibility index (Phi) is 7.13. The number of rotatable bonds is 8. The number of aromatic nitrogens is 2. The summed E-state index contributed by atoms with van der Waals surface area (Å²) >= 11 is 0. The fourth-order valence-electron chi connectivity index (χ4n) is 5.07. The molecule has 0 saturated carbocycles. The van der Waals surface area contributed by atoms with Crippen LogP contribution in [0.3, 0.4) is 0 Å². The third kappa shape index (κ3) is 4.17. The molecule has 0 aliphatic carbocycles. The molecule has 0 bridgehead atoms. The number of pyridine rings is 1. The number of aliphatic hydroxyl groups is 1. The Morgan fingerprint density at radius 2 is 1.68 bits per heavy atom. The van der Waals surface area contributed by atoms with Gasteiger partial charge in [-0.1, -0.05) is 18.2 Å². The van der Waals surface area contributed by atoms with E-state index in [0.29, 0.717) is 6.29 Å². The van der Waals surface area contributed by atoms with Gasteiger partial charge in [-0.25, -0.2) is 30.9 Å². The van der Waals surface area contributed by atoms with Crippen molar-refractivity contribution >= 4 is 44.7 Å². The Labute approximate surface area is 233 Å². The third-order valence-corrected chi connectivity index (χ3v) is 8.64. The van der Waals surface area contributed by atoms with Crippen LogP contribution in [0.4, 0.5) is 25.0 Å². The lowest BCUT2D eigenvalue weighted by Gasteiger charge is -2.41. The summed E-state index contributed by atoms with van der Waals surface area (Å²) in [6.45, 7) is -0.483. The molecule has 2 amide bonds. The Balaban J connectivity index is 1.79. The molecular weight excluding hydrogens is 562 g/mol. The van der Waals surface area contributed by atoms with Crippen LogP contribution in [-0.2, 0) is 10.0 Å². The smallest absolute Gasteiger partial charge is 0.329 e. The lowest BCUT2D eigenvalue weighted by molar-refractivity contribution is 0.111. The van der Waals surface area contributed by atoms with Crippen LogP contribution < -0.4 is 19.3 Å². The van der Waals surface area contributed by atoms with Crippen molar-refractivity contribution in [1.29, 1.82) is 0 Å². The fourth-order valence-corrected chi connectivity index (χ4v) is 6.53. The Morgan fingerprint density at radius 3 is 2.24 bits per heavy atom. The minimum absolute atomic E-state index is 0.0909. The number of aliphatic hydroxyl groups excluding tert-OH is 1. The number of hydrogen-bond acceptors (Lipinski definition) is 8. The fraction of sp³-hybridized carbons (Fsp3) is 0.222. The molecule has 4 aromatic rings. The van der Waals surface area contributed by atoms with E-state index in [-0.39, 0.29) is 50.8 Å². The number of ether oxygens (including phenoxy) is 2. The Morgan fingerprint density at radius 1 is 1.05 bits per heavy atom. The highest BCUT2D eigenvalue weighted by atomic mass is 32.2. The average molecular weight is 587 g/mol. The maximum Gasteiger partial charge on any atom is 0.329 e. The predicted octanol–water partition coefficient (Wildman–Crippen LogP) is 3.88. The van der Waals surface area contributed by atoms with E-state index in [2.05, 4.69) is 4.98 Å². The van der Waals surface area contributed by atoms with Gasteiger partial charge in [0.2, 0.25) is 0 Å². The molecule has 1 atom stereocenters. The molecule has 2 aromatic heterocycles. The topological polar surface area (TPSA) is 131 Å². The minimum Gasteiger partial charge on any atom is -0.493 e. The summed E-state index contributed by atoms with van der Waals surface area (Å²) in [5, 5.41) is 10.0. The molecule has 1 aliphatic heterocycles. The maximum atomic E-state index is 15.6. The molecule has 0 saturated heterocycles. The van der Waals surface area contributed by atoms with Gasteiger partial charge in [-0.15, -0.1) is 0 Å². The normalized spacial score (nSPS) is 15.3. The predicted molar refractivity (Wildman–Crippen MR) is 144 cm³/mol. The van der Waals surface area contributed by atoms with E-state index >= 15 is 8.78 Å². The lowest BCUT2D eigenvalue weighted by Crippen LogP contribution is -2.49. The zero-order chi connectivity index (χ0) is 29.6. The summed E-state index contributed by atoms with van der Waals surface area (Å²) in [6, 6.07) is 7.66. The van der Waals surface area contributed by atoms with Gasteiger partial charge in [0, 0.05) is 36.9 Å². The largest absolute Gasteiger partial charge is 0.493 e. The van der Waals surface area contributed by atoms with Crippen LogP contribution in [0.1, 0.15) is 28.5 Å². The first-order valence-electron chi connectivity index (χ1n) is 12.2. The Hall–Kier alpha value is -4.56. The first-order valence-corrected chi connectivity index (χ1v) is 13.6. The average Bonchev–Trinajstić information content (AvgIpc) is 3.37. The minimum atomic E-state index is -4.28. The van der Waals surface area contributed by atoms with Gasteiger partial charge < -0.3 is 14.6 Å². The molecule has 2 aromatic carbocycles. The van der Waals surface area contributed by atoms with E-state index in [0.717, 1.165) is 19.8 Å². The standard InChI is InChI=1S/C27H24F2N4O7S/c1-31-24-17-11-15(14-35)33(41(37,38)16-7-5-4-6-8-16)26(17)30-13-18(24)19(9-10-34)32(27(31)36)25-22(28)20(39-2)12-21(40-3)23(25)29/h4-8,11-14,19,34H,9-10H2,1-3H3. The number of urea groups is 1. The second-order valence-corrected chi connectivity index (χ2v) is 10.9. The van der Waals surface area contributed by atoms with Gasteiger partial charge in [-0.05, 0) is 24.6 Å². The van der Waals surface area contributed by atoms with Crippen LogP contribution in [0, 0.1) is 11.6 Å². The summed E-state index contributed by atoms with van der Waals surface area (Å²) in [5.74, 6) is -3.10. The van der Waals surface area contributed by atoms with E-state index in [9.17, 15) is 23.1 Å². The molecular formula is C27H24F2N4O7S. The van der Waals surface area contributed by atoms with E-state index < -0.39 is 46.0 Å². The van der Waals surface area contributed by atoms with Crippen molar-refractivity contribution in [2.45, 2.75) is 17.4 Å². The van der Waals surface area contributed by atoms with Crippen molar-refractivity contribution in [1.82, 2.24) is 8.96 Å². The molecule has 3 heterocycles. The molecule has 41 heavy (non-hydrogen) atoms. The summed E-state index contributed by atoms with van der Waals surface area (Å²) in [7, 11) is -0.611. The van der Waals surface area contributed by atoms with E-state index in [1.807, 2.05) is 0 Å². The number of methoxy groups -OCH3 is 2. The van der Waals surface area contributed by atoms with Crippen LogP contribution in [0.2, 0.25) is 0 Å². The third-order valence-electron chi connectivity index (χ3n) is 6.91. The number of carbonyl (C=O) groups is 2. The first-order chi connectivity index (χ1) is 19.6. The van der Waals surface area contributed by atoms with Gasteiger partial charge in [-0.3, -0.25) is 14.6 Å². The second-order valence-electron chi connectivity index (χ2n) is 9.07. The van der Waals surface area contributed by atoms with Crippen LogP contribution in [0.25, 0.3) is 11.0 Å². The quantitative estimate of drug-likeness (QED) is 0.308. The van der Waals surface area contributed by atoms with Crippen LogP contribution >= 0.6 is 0 Å². The number of hydrogen-bond donors (Lipinski definition) is 1. The Bertz CT molecular complexity index is 1770. The van der Waals surface area contributed by atoms with Gasteiger partial charge in [0.05, 0.1) is 36.5 Å². The second kappa shape index (κ2) is 10.4. The van der Waals surface area contributed by atoms with Gasteiger partial charge in [0.25, 0.3) is 10.0 Å². The highest BCUT2D eigenvalue weighted by Crippen LogP contribution is 2.47. The zero-order valence-corrected chi connectivity index (χ0v) is 22.9. The van der Waals surface area contributed by atoms with E-state index in [1.54, 1.807) is 6.07 Å². The molecule has 11 nitrogen and oxygen atoms in total. The molecule has 14 heteroatoms. The van der Waals surface area contributed by atoms with E-state index in [1.165, 1.54) is 57.8 Å². The van der Waals surface area contributed by atoms with Crippen molar-refractivity contribution < 1.29 is 41.4 Å². The van der Waals surface area contributed by atoms with Crippen molar-refractivity contribution in [2.24, 2.45) is 0 Å². The number of nitrogens with zero attached hydrogens (tertiary/aromatic N) is 4. The molecule has 1 aliphatic rings. The SMILES string of the molecule is COc1cc(OC)c(F)c(N2C(=O)N(C)c3c(cnc4c3cc(C=O)n4S(=O)(=O)c3ccccc3)C2CCO)c1F. The number of aldehydes is 1. The number of benzene rings is 2. The van der Waals surface area contributed by atoms with Crippen LogP contribution in [0.15, 0.2) is 53.6 Å². The van der Waals surface area contributed by atoms with Crippen molar-refractivity contribution in [3.63, 3.8) is 0 Å². The number of halogens is 2. The van der Waals surface area contributed by atoms with Crippen LogP contribution in [-0.4, -0.2) is 62.7 Å². The summed E-state index contributed by atoms with van der Waals surface area (Å²) < 4.78 is 69.0. The van der Waals surface area contributed by atoms with Gasteiger partial charge in [0.1, 0.15) is 5.69 Å². The molecule has 0 spiro atoms. The molecule has 0 fully saturated rings. The number of carbonyl (C=O) groups excluding carboxylic acids is 2. The van der Waals surface area contributed by atoms with Gasteiger partial charge in [-0.2, -0.15) is 0 Å². The number of amides is 2. The number of fused-ring (bicyclic) bond motifs is 3. The maximum absolute atomic E-state index is 15.6. The first kappa shape index (κ1) is 28.0. The number of anilines is 2. The molecule has 5 rings (SSSR count). The molecule has 1 unspecified atom stereocenters. The summed E-state index contributed by atoms with van der Waals surface area (Å²) in [4.78, 5) is 32.0. The van der Waals surface area contributed by atoms with Crippen molar-refractivity contribution in [2.75, 3.05) is 37.7 Å². The van der Waals surface area contributed by atoms with Gasteiger partial charge >= 0.3 is 6.03 Å². The molecule has 0 radical (unpaired) electrons. The monoisotopic (exact) mass is 586 g/mol.